The molecule has 0 aromatic rings. The molecule has 0 aromatic heterocycles. The van der Waals surface area contributed by atoms with E-state index >= 15 is 4.39 Å². The van der Waals surface area contributed by atoms with Crippen molar-refractivity contribution >= 4 is 6.29 Å². The summed E-state index contributed by atoms with van der Waals surface area (Å²) >= 11 is 0. The molecule has 0 spiro atoms. The fraction of sp³-hybridized carbons (Fsp3) is 0.850. The number of hydrogen-bond donors (Lipinski definition) is 0. The fourth-order valence-electron chi connectivity index (χ4n) is 10.8. The van der Waals surface area contributed by atoms with Gasteiger partial charge in [0.1, 0.15) is 18.1 Å². The third-order valence-corrected chi connectivity index (χ3v) is 10.4. The minimum atomic E-state index is -1.19. The van der Waals surface area contributed by atoms with Gasteiger partial charge in [0.05, 0.1) is 11.5 Å². The standard InChI is InChI=1S/C20H21FO2/c21-20-16-8-3-1-2-7(8)14-12(16)13-15-9-4-5-10(11(9)17(13)20)23-18(20)19(14,15)6-22/h1-2,6-18H,3-5H2/t7-,8+,9+,10+,11+,12+,13-,14+,15-,16+,17-,18-,19-,20-/m1/s1. The number of hydrogen-bond acceptors (Lipinski definition) is 2. The van der Waals surface area contributed by atoms with Gasteiger partial charge in [-0.1, -0.05) is 12.2 Å². The number of ether oxygens (including phenoxy) is 1. The maximum atomic E-state index is 16.8. The van der Waals surface area contributed by atoms with E-state index in [1.807, 2.05) is 0 Å². The van der Waals surface area contributed by atoms with Crippen molar-refractivity contribution in [1.29, 1.82) is 0 Å². The van der Waals surface area contributed by atoms with E-state index in [2.05, 4.69) is 12.2 Å². The Morgan fingerprint density at radius 2 is 1.91 bits per heavy atom. The van der Waals surface area contributed by atoms with Crippen LogP contribution in [0.25, 0.3) is 0 Å². The van der Waals surface area contributed by atoms with Crippen molar-refractivity contribution in [2.75, 3.05) is 0 Å². The first kappa shape index (κ1) is 11.8. The molecule has 1 heterocycles. The van der Waals surface area contributed by atoms with Crippen LogP contribution in [-0.4, -0.2) is 24.2 Å². The van der Waals surface area contributed by atoms with Crippen LogP contribution < -0.4 is 0 Å². The zero-order chi connectivity index (χ0) is 14.9. The fourth-order valence-corrected chi connectivity index (χ4v) is 10.8. The summed E-state index contributed by atoms with van der Waals surface area (Å²) in [4.78, 5) is 12.6. The second-order valence-corrected chi connectivity index (χ2v) is 9.98. The Hall–Kier alpha value is -0.700. The van der Waals surface area contributed by atoms with E-state index < -0.39 is 17.2 Å². The molecule has 9 bridgehead atoms. The third-order valence-electron chi connectivity index (χ3n) is 10.4. The quantitative estimate of drug-likeness (QED) is 0.549. The van der Waals surface area contributed by atoms with Gasteiger partial charge in [0.15, 0.2) is 0 Å². The largest absolute Gasteiger partial charge is 0.370 e. The van der Waals surface area contributed by atoms with Crippen LogP contribution in [0.4, 0.5) is 4.39 Å². The average molecular weight is 312 g/mol. The first-order valence-electron chi connectivity index (χ1n) is 9.72. The summed E-state index contributed by atoms with van der Waals surface area (Å²) < 4.78 is 23.3. The molecule has 8 fully saturated rings. The zero-order valence-electron chi connectivity index (χ0n) is 13.0. The Morgan fingerprint density at radius 1 is 1.04 bits per heavy atom. The first-order chi connectivity index (χ1) is 11.2. The molecule has 23 heavy (non-hydrogen) atoms. The van der Waals surface area contributed by atoms with E-state index in [1.54, 1.807) is 0 Å². The lowest BCUT2D eigenvalue weighted by Crippen LogP contribution is -2.67. The van der Waals surface area contributed by atoms with Crippen molar-refractivity contribution in [3.8, 4) is 0 Å². The average Bonchev–Trinajstić information content (AvgIpc) is 3.25. The van der Waals surface area contributed by atoms with Crippen LogP contribution in [0.2, 0.25) is 0 Å². The molecule has 14 atom stereocenters. The molecule has 1 saturated heterocycles. The number of alkyl halides is 1. The van der Waals surface area contributed by atoms with Crippen LogP contribution in [0, 0.1) is 64.6 Å². The van der Waals surface area contributed by atoms with E-state index in [0.29, 0.717) is 47.3 Å². The lowest BCUT2D eigenvalue weighted by molar-refractivity contribution is -0.251. The van der Waals surface area contributed by atoms with Crippen molar-refractivity contribution in [2.24, 2.45) is 64.6 Å². The van der Waals surface area contributed by atoms with Crippen molar-refractivity contribution in [1.82, 2.24) is 0 Å². The van der Waals surface area contributed by atoms with Crippen molar-refractivity contribution in [3.63, 3.8) is 0 Å². The Kier molecular flexibility index (Phi) is 1.53. The van der Waals surface area contributed by atoms with E-state index in [-0.39, 0.29) is 17.9 Å². The summed E-state index contributed by atoms with van der Waals surface area (Å²) in [5.74, 6) is 4.21. The van der Waals surface area contributed by atoms with E-state index in [1.165, 1.54) is 12.7 Å². The van der Waals surface area contributed by atoms with Gasteiger partial charge in [0.25, 0.3) is 0 Å². The van der Waals surface area contributed by atoms with Crippen molar-refractivity contribution in [2.45, 2.75) is 37.1 Å². The number of halogens is 1. The highest BCUT2D eigenvalue weighted by Gasteiger charge is 2.94. The lowest BCUT2D eigenvalue weighted by atomic mass is 9.54. The highest BCUT2D eigenvalue weighted by Crippen LogP contribution is 2.90. The van der Waals surface area contributed by atoms with Crippen LogP contribution in [0.15, 0.2) is 12.2 Å². The second-order valence-electron chi connectivity index (χ2n) is 9.98. The molecule has 0 aromatic carbocycles. The van der Waals surface area contributed by atoms with Gasteiger partial charge in [0.2, 0.25) is 0 Å². The summed E-state index contributed by atoms with van der Waals surface area (Å²) in [6, 6.07) is 0. The molecular weight excluding hydrogens is 291 g/mol. The van der Waals surface area contributed by atoms with Crippen LogP contribution >= 0.6 is 0 Å². The maximum Gasteiger partial charge on any atom is 0.144 e. The molecule has 0 unspecified atom stereocenters. The molecule has 1 aliphatic heterocycles. The summed E-state index contributed by atoms with van der Waals surface area (Å²) in [5.41, 5.74) is -1.67. The van der Waals surface area contributed by atoms with Gasteiger partial charge >= 0.3 is 0 Å². The Labute approximate surface area is 134 Å². The normalized spacial score (nSPS) is 79.2. The minimum Gasteiger partial charge on any atom is -0.370 e. The summed E-state index contributed by atoms with van der Waals surface area (Å²) in [6.07, 6.45) is 9.03. The topological polar surface area (TPSA) is 26.3 Å². The van der Waals surface area contributed by atoms with E-state index in [0.717, 1.165) is 12.8 Å². The van der Waals surface area contributed by atoms with Gasteiger partial charge in [-0.05, 0) is 66.6 Å². The Morgan fingerprint density at radius 3 is 2.78 bits per heavy atom. The molecule has 0 radical (unpaired) electrons. The van der Waals surface area contributed by atoms with Gasteiger partial charge in [-0.3, -0.25) is 0 Å². The third kappa shape index (κ3) is 0.773. The monoisotopic (exact) mass is 312 g/mol. The highest BCUT2D eigenvalue weighted by atomic mass is 19.1. The Bertz CT molecular complexity index is 714. The molecule has 9 rings (SSSR count). The number of carbonyl (C=O) groups is 1. The highest BCUT2D eigenvalue weighted by molar-refractivity contribution is 5.69. The maximum absolute atomic E-state index is 16.8. The van der Waals surface area contributed by atoms with Crippen LogP contribution in [0.3, 0.4) is 0 Å². The molecule has 2 nitrogen and oxygen atoms in total. The molecule has 3 heteroatoms. The van der Waals surface area contributed by atoms with Crippen molar-refractivity contribution in [3.05, 3.63) is 12.2 Å². The van der Waals surface area contributed by atoms with Crippen molar-refractivity contribution < 1.29 is 13.9 Å². The predicted octanol–water partition coefficient (Wildman–Crippen LogP) is 2.63. The van der Waals surface area contributed by atoms with Gasteiger partial charge < -0.3 is 9.53 Å². The molecule has 0 N–H and O–H groups in total. The van der Waals surface area contributed by atoms with Crippen LogP contribution in [0.5, 0.6) is 0 Å². The zero-order valence-corrected chi connectivity index (χ0v) is 13.0. The van der Waals surface area contributed by atoms with Gasteiger partial charge in [-0.2, -0.15) is 0 Å². The number of aldehydes is 1. The molecule has 7 saturated carbocycles. The number of rotatable bonds is 1. The number of fused-ring (bicyclic) bond motifs is 1. The number of carbonyl (C=O) groups excluding carboxylic acids is 1. The van der Waals surface area contributed by atoms with Gasteiger partial charge in [-0.15, -0.1) is 0 Å². The lowest BCUT2D eigenvalue weighted by Gasteiger charge is -2.57. The SMILES string of the molecule is O=C[C@@]12[C@@H]3[C@H]4CC[C@@H]5O[C@H]1[C@]1(F)[C@H]([C@@H]45)[C@@H]3[C@@H]3[C@@H]1[C@H]1CC=C[C@H]1[C@@H]32. The molecule has 120 valence electrons. The van der Waals surface area contributed by atoms with Crippen LogP contribution in [-0.2, 0) is 9.53 Å². The van der Waals surface area contributed by atoms with Crippen LogP contribution in [0.1, 0.15) is 19.3 Å². The van der Waals surface area contributed by atoms with E-state index in [9.17, 15) is 4.79 Å². The van der Waals surface area contributed by atoms with E-state index in [4.69, 9.17) is 4.74 Å². The second kappa shape index (κ2) is 2.98. The molecule has 9 aliphatic rings. The smallest absolute Gasteiger partial charge is 0.144 e. The molecule has 8 aliphatic carbocycles. The molecule has 0 amide bonds. The van der Waals surface area contributed by atoms with Gasteiger partial charge in [-0.25, -0.2) is 4.39 Å². The first-order valence-corrected chi connectivity index (χ1v) is 9.72. The van der Waals surface area contributed by atoms with Gasteiger partial charge in [0, 0.05) is 11.8 Å². The summed E-state index contributed by atoms with van der Waals surface area (Å²) in [7, 11) is 0. The predicted molar refractivity (Wildman–Crippen MR) is 78.9 cm³/mol. The molecular formula is C20H21FO2. The number of allylic oxidation sites excluding steroid dienone is 2. The summed E-state index contributed by atoms with van der Waals surface area (Å²) in [5, 5.41) is 0. The summed E-state index contributed by atoms with van der Waals surface area (Å²) in [6.45, 7) is 0. The minimum absolute atomic E-state index is 0.188. The Balaban J connectivity index is 1.51.